The lowest BCUT2D eigenvalue weighted by molar-refractivity contribution is -0.137. The number of esters is 1. The summed E-state index contributed by atoms with van der Waals surface area (Å²) in [5, 5.41) is 3.35. The van der Waals surface area contributed by atoms with Crippen LogP contribution >= 0.6 is 24.8 Å². The van der Waals surface area contributed by atoms with E-state index < -0.39 is 5.60 Å². The van der Waals surface area contributed by atoms with Crippen molar-refractivity contribution in [1.29, 1.82) is 0 Å². The van der Waals surface area contributed by atoms with Crippen LogP contribution in [0.15, 0.2) is 18.2 Å². The summed E-state index contributed by atoms with van der Waals surface area (Å²) >= 11 is 0. The maximum atomic E-state index is 13.1. The molecular weight excluding hydrogens is 501 g/mol. The summed E-state index contributed by atoms with van der Waals surface area (Å²) in [6, 6.07) is 5.86. The Bertz CT molecular complexity index is 895. The number of carbonyl (C=O) groups is 2. The molecule has 3 aliphatic heterocycles. The van der Waals surface area contributed by atoms with Gasteiger partial charge in [0.25, 0.3) is 0 Å². The second-order valence-electron chi connectivity index (χ2n) is 10.6. The predicted octanol–water partition coefficient (Wildman–Crippen LogP) is 4.16. The topological polar surface area (TPSA) is 71.1 Å². The molecule has 202 valence electrons. The van der Waals surface area contributed by atoms with Crippen LogP contribution in [-0.4, -0.2) is 74.1 Å². The van der Waals surface area contributed by atoms with E-state index in [9.17, 15) is 9.59 Å². The average Bonchev–Trinajstić information content (AvgIpc) is 3.14. The van der Waals surface area contributed by atoms with Crippen LogP contribution in [0.2, 0.25) is 0 Å². The number of likely N-dealkylation sites (tertiary alicyclic amines) is 1. The lowest BCUT2D eigenvalue weighted by Crippen LogP contribution is -2.43. The molecule has 1 saturated carbocycles. The van der Waals surface area contributed by atoms with Gasteiger partial charge in [-0.1, -0.05) is 12.5 Å². The van der Waals surface area contributed by atoms with E-state index in [1.54, 1.807) is 0 Å². The van der Waals surface area contributed by atoms with Crippen LogP contribution in [0.4, 0.5) is 0 Å². The minimum atomic E-state index is -0.580. The Morgan fingerprint density at radius 3 is 2.50 bits per heavy atom. The monoisotopic (exact) mass is 541 g/mol. The minimum Gasteiger partial charge on any atom is -0.490 e. The van der Waals surface area contributed by atoms with Gasteiger partial charge in [-0.2, -0.15) is 0 Å². The Labute approximate surface area is 227 Å². The van der Waals surface area contributed by atoms with Gasteiger partial charge in [0.2, 0.25) is 5.91 Å². The Balaban J connectivity index is 0.00000180. The Hall–Kier alpha value is -1.54. The standard InChI is InChI=1S/C27H39N3O4.2ClH/c1-29(17-18-30-15-3-2-4-16-30)25(31)20-7-11-27(12-8-20)24-6-5-22(19-23(24)26(32)34-27)33-21-9-13-28-14-10-21;;/h5-6,19-21,28H,2-4,7-18H2,1H3;2*1H/t20-,27-;;. The minimum absolute atomic E-state index is 0. The largest absolute Gasteiger partial charge is 0.490 e. The third-order valence-electron chi connectivity index (χ3n) is 8.30. The van der Waals surface area contributed by atoms with Gasteiger partial charge in [0, 0.05) is 31.6 Å². The zero-order valence-electron chi connectivity index (χ0n) is 21.3. The van der Waals surface area contributed by atoms with E-state index in [1.165, 1.54) is 19.3 Å². The molecule has 1 aromatic carbocycles. The first-order valence-corrected chi connectivity index (χ1v) is 13.3. The predicted molar refractivity (Wildman–Crippen MR) is 144 cm³/mol. The summed E-state index contributed by atoms with van der Waals surface area (Å²) < 4.78 is 12.1. The lowest BCUT2D eigenvalue weighted by atomic mass is 9.74. The third-order valence-corrected chi connectivity index (χ3v) is 8.30. The summed E-state index contributed by atoms with van der Waals surface area (Å²) in [5.41, 5.74) is 1.03. The maximum absolute atomic E-state index is 13.1. The first kappa shape index (κ1) is 29.0. The fourth-order valence-corrected chi connectivity index (χ4v) is 6.15. The molecule has 0 radical (unpaired) electrons. The molecule has 36 heavy (non-hydrogen) atoms. The van der Waals surface area contributed by atoms with Gasteiger partial charge >= 0.3 is 5.97 Å². The number of carbonyl (C=O) groups excluding carboxylic acids is 2. The van der Waals surface area contributed by atoms with Crippen molar-refractivity contribution in [2.75, 3.05) is 46.3 Å². The fraction of sp³-hybridized carbons (Fsp3) is 0.704. The molecular formula is C27H41Cl2N3O4. The molecule has 0 bridgehead atoms. The molecule has 1 amide bonds. The van der Waals surface area contributed by atoms with Crippen molar-refractivity contribution in [2.45, 2.75) is 69.5 Å². The van der Waals surface area contributed by atoms with Crippen molar-refractivity contribution in [2.24, 2.45) is 5.92 Å². The van der Waals surface area contributed by atoms with Gasteiger partial charge in [0.05, 0.1) is 5.56 Å². The van der Waals surface area contributed by atoms with Crippen LogP contribution in [0.3, 0.4) is 0 Å². The molecule has 0 unspecified atom stereocenters. The molecule has 1 spiro atoms. The van der Waals surface area contributed by atoms with Crippen molar-refractivity contribution in [3.63, 3.8) is 0 Å². The number of hydrogen-bond donors (Lipinski definition) is 1. The maximum Gasteiger partial charge on any atom is 0.339 e. The molecule has 1 aliphatic carbocycles. The average molecular weight is 543 g/mol. The number of piperidine rings is 2. The van der Waals surface area contributed by atoms with Gasteiger partial charge in [-0.05, 0) is 89.7 Å². The van der Waals surface area contributed by atoms with Crippen molar-refractivity contribution >= 4 is 36.7 Å². The van der Waals surface area contributed by atoms with Gasteiger partial charge < -0.3 is 24.6 Å². The Morgan fingerprint density at radius 2 is 1.81 bits per heavy atom. The van der Waals surface area contributed by atoms with Gasteiger partial charge in [-0.25, -0.2) is 4.79 Å². The van der Waals surface area contributed by atoms with Crippen molar-refractivity contribution in [3.05, 3.63) is 29.3 Å². The van der Waals surface area contributed by atoms with Gasteiger partial charge in [-0.3, -0.25) is 4.79 Å². The van der Waals surface area contributed by atoms with E-state index in [2.05, 4.69) is 10.2 Å². The SMILES string of the molecule is CN(CCN1CCCCC1)C(=O)[C@H]1CC[C@@]2(CC1)OC(=O)c1cc(OC3CCNCC3)ccc12.Cl.Cl. The second-order valence-corrected chi connectivity index (χ2v) is 10.6. The van der Waals surface area contributed by atoms with Crippen LogP contribution in [0.1, 0.15) is 73.7 Å². The molecule has 1 aromatic rings. The molecule has 0 aromatic heterocycles. The normalized spacial score (nSPS) is 26.4. The molecule has 0 atom stereocenters. The Kier molecular flexibility index (Phi) is 10.3. The molecule has 3 fully saturated rings. The van der Waals surface area contributed by atoms with Gasteiger partial charge in [-0.15, -0.1) is 24.8 Å². The number of nitrogens with zero attached hydrogens (tertiary/aromatic N) is 2. The quantitative estimate of drug-likeness (QED) is 0.545. The van der Waals surface area contributed by atoms with Crippen molar-refractivity contribution in [3.8, 4) is 5.75 Å². The smallest absolute Gasteiger partial charge is 0.339 e. The number of rotatable bonds is 6. The summed E-state index contributed by atoms with van der Waals surface area (Å²) in [7, 11) is 1.94. The molecule has 2 saturated heterocycles. The number of hydrogen-bond acceptors (Lipinski definition) is 6. The fourth-order valence-electron chi connectivity index (χ4n) is 6.15. The van der Waals surface area contributed by atoms with Crippen LogP contribution in [0.25, 0.3) is 0 Å². The van der Waals surface area contributed by atoms with Crippen LogP contribution in [0.5, 0.6) is 5.75 Å². The van der Waals surface area contributed by atoms with Crippen LogP contribution in [-0.2, 0) is 15.1 Å². The van der Waals surface area contributed by atoms with E-state index in [0.29, 0.717) is 18.4 Å². The molecule has 4 aliphatic rings. The van der Waals surface area contributed by atoms with Crippen molar-refractivity contribution < 1.29 is 19.1 Å². The zero-order chi connectivity index (χ0) is 23.5. The molecule has 5 rings (SSSR count). The number of amides is 1. The van der Waals surface area contributed by atoms with E-state index in [1.807, 2.05) is 30.1 Å². The number of benzene rings is 1. The highest BCUT2D eigenvalue weighted by molar-refractivity contribution is 5.95. The zero-order valence-corrected chi connectivity index (χ0v) is 23.0. The van der Waals surface area contributed by atoms with Crippen LogP contribution < -0.4 is 10.1 Å². The molecule has 1 N–H and O–H groups in total. The van der Waals surface area contributed by atoms with Gasteiger partial charge in [0.1, 0.15) is 17.5 Å². The number of likely N-dealkylation sites (N-methyl/N-ethyl adjacent to an activating group) is 1. The highest BCUT2D eigenvalue weighted by Gasteiger charge is 2.48. The second kappa shape index (κ2) is 12.8. The summed E-state index contributed by atoms with van der Waals surface area (Å²) in [6.07, 6.45) is 8.95. The molecule has 9 heteroatoms. The first-order valence-electron chi connectivity index (χ1n) is 13.3. The number of fused-ring (bicyclic) bond motifs is 2. The molecule has 3 heterocycles. The number of halogens is 2. The third kappa shape index (κ3) is 6.29. The van der Waals surface area contributed by atoms with E-state index >= 15 is 0 Å². The number of nitrogens with one attached hydrogen (secondary N) is 1. The van der Waals surface area contributed by atoms with E-state index in [0.717, 1.165) is 76.3 Å². The highest BCUT2D eigenvalue weighted by Crippen LogP contribution is 2.49. The van der Waals surface area contributed by atoms with Crippen LogP contribution in [0, 0.1) is 5.92 Å². The molecule has 7 nitrogen and oxygen atoms in total. The summed E-state index contributed by atoms with van der Waals surface area (Å²) in [4.78, 5) is 30.3. The first-order chi connectivity index (χ1) is 16.5. The van der Waals surface area contributed by atoms with E-state index in [4.69, 9.17) is 9.47 Å². The summed E-state index contributed by atoms with van der Waals surface area (Å²) in [5.74, 6) is 0.748. The summed E-state index contributed by atoms with van der Waals surface area (Å²) in [6.45, 7) is 6.00. The van der Waals surface area contributed by atoms with Gasteiger partial charge in [0.15, 0.2) is 0 Å². The lowest BCUT2D eigenvalue weighted by Gasteiger charge is -2.37. The highest BCUT2D eigenvalue weighted by atomic mass is 35.5. The number of ether oxygens (including phenoxy) is 2. The van der Waals surface area contributed by atoms with E-state index in [-0.39, 0.29) is 48.7 Å². The Morgan fingerprint density at radius 1 is 1.11 bits per heavy atom. The van der Waals surface area contributed by atoms with Crippen molar-refractivity contribution in [1.82, 2.24) is 15.1 Å².